The molecule has 2 unspecified atom stereocenters. The minimum atomic E-state index is -0.749. The molecule has 2 N–H and O–H groups in total. The van der Waals surface area contributed by atoms with E-state index in [4.69, 9.17) is 0 Å². The van der Waals surface area contributed by atoms with Gasteiger partial charge in [0.25, 0.3) is 0 Å². The van der Waals surface area contributed by atoms with Crippen LogP contribution in [0.15, 0.2) is 30.3 Å². The second-order valence-corrected chi connectivity index (χ2v) is 5.21. The normalized spacial score (nSPS) is 13.8. The number of amides is 1. The molecule has 106 valence electrons. The summed E-state index contributed by atoms with van der Waals surface area (Å²) in [5.41, 5.74) is 1.18. The van der Waals surface area contributed by atoms with E-state index in [-0.39, 0.29) is 5.91 Å². The van der Waals surface area contributed by atoms with Gasteiger partial charge >= 0.3 is 0 Å². The number of rotatable bonds is 8. The summed E-state index contributed by atoms with van der Waals surface area (Å²) in [7, 11) is 0. The number of carbonyl (C=O) groups excluding carboxylic acids is 1. The number of aliphatic hydroxyl groups is 1. The molecule has 0 bridgehead atoms. The molecule has 0 saturated carbocycles. The molecular formula is C16H25NO2. The van der Waals surface area contributed by atoms with Gasteiger partial charge in [0, 0.05) is 6.42 Å². The number of aryl methyl sites for hydroxylation is 1. The van der Waals surface area contributed by atoms with E-state index in [0.717, 1.165) is 19.3 Å². The third-order valence-corrected chi connectivity index (χ3v) is 3.19. The fourth-order valence-corrected chi connectivity index (χ4v) is 2.18. The van der Waals surface area contributed by atoms with E-state index in [1.807, 2.05) is 30.3 Å². The number of aliphatic hydroxyl groups excluding tert-OH is 1. The molecule has 1 aromatic rings. The lowest BCUT2D eigenvalue weighted by molar-refractivity contribution is -0.125. The number of nitrogens with one attached hydrogen (secondary N) is 1. The molecule has 1 amide bonds. The predicted octanol–water partition coefficient (Wildman–Crippen LogP) is 2.88. The zero-order valence-corrected chi connectivity index (χ0v) is 11.9. The van der Waals surface area contributed by atoms with E-state index in [0.29, 0.717) is 18.8 Å². The summed E-state index contributed by atoms with van der Waals surface area (Å²) < 4.78 is 0. The first-order valence-corrected chi connectivity index (χ1v) is 7.13. The minimum absolute atomic E-state index is 0.0542. The number of hydrogen-bond donors (Lipinski definition) is 2. The lowest BCUT2D eigenvalue weighted by Crippen LogP contribution is -2.35. The summed E-state index contributed by atoms with van der Waals surface area (Å²) in [6, 6.07) is 9.98. The number of carbonyl (C=O) groups is 1. The van der Waals surface area contributed by atoms with Gasteiger partial charge in [0.15, 0.2) is 0 Å². The third-order valence-electron chi connectivity index (χ3n) is 3.19. The molecule has 0 saturated heterocycles. The Bertz CT molecular complexity index is 364. The van der Waals surface area contributed by atoms with Crippen LogP contribution in [0, 0.1) is 5.92 Å². The Morgan fingerprint density at radius 3 is 2.58 bits per heavy atom. The highest BCUT2D eigenvalue weighted by Gasteiger charge is 2.12. The Morgan fingerprint density at radius 2 is 1.95 bits per heavy atom. The molecule has 19 heavy (non-hydrogen) atoms. The number of hydrogen-bond acceptors (Lipinski definition) is 2. The summed E-state index contributed by atoms with van der Waals surface area (Å²) in [5.74, 6) is 0.327. The summed E-state index contributed by atoms with van der Waals surface area (Å²) in [6.07, 6.45) is 3.21. The second kappa shape index (κ2) is 8.70. The lowest BCUT2D eigenvalue weighted by atomic mass is 10.0. The molecule has 3 heteroatoms. The largest absolute Gasteiger partial charge is 0.374 e. The van der Waals surface area contributed by atoms with E-state index >= 15 is 0 Å². The summed E-state index contributed by atoms with van der Waals surface area (Å²) in [4.78, 5) is 11.7. The molecular weight excluding hydrogens is 238 g/mol. The zero-order valence-electron chi connectivity index (χ0n) is 11.9. The van der Waals surface area contributed by atoms with Gasteiger partial charge in [-0.1, -0.05) is 57.0 Å². The van der Waals surface area contributed by atoms with Crippen LogP contribution in [0.3, 0.4) is 0 Å². The van der Waals surface area contributed by atoms with Crippen molar-refractivity contribution in [3.63, 3.8) is 0 Å². The predicted molar refractivity (Wildman–Crippen MR) is 77.6 cm³/mol. The smallest absolute Gasteiger partial charge is 0.222 e. The molecule has 0 spiro atoms. The Balaban J connectivity index is 2.23. The van der Waals surface area contributed by atoms with Crippen LogP contribution in [0.25, 0.3) is 0 Å². The first-order chi connectivity index (χ1) is 9.11. The van der Waals surface area contributed by atoms with Gasteiger partial charge in [-0.2, -0.15) is 0 Å². The van der Waals surface area contributed by atoms with Crippen molar-refractivity contribution in [2.45, 2.75) is 52.2 Å². The van der Waals surface area contributed by atoms with Crippen LogP contribution in [0.1, 0.15) is 45.1 Å². The van der Waals surface area contributed by atoms with Gasteiger partial charge in [-0.05, 0) is 24.3 Å². The number of benzene rings is 1. The standard InChI is InChI=1S/C16H25NO2/c1-3-7-13(2)12-16(19)17-15(18)11-10-14-8-5-4-6-9-14/h4-6,8-9,13,15,18H,3,7,10-12H2,1-2H3,(H,17,19). The van der Waals surface area contributed by atoms with Crippen molar-refractivity contribution >= 4 is 5.91 Å². The maximum Gasteiger partial charge on any atom is 0.222 e. The van der Waals surface area contributed by atoms with Gasteiger partial charge in [-0.25, -0.2) is 0 Å². The van der Waals surface area contributed by atoms with Crippen molar-refractivity contribution in [1.29, 1.82) is 0 Å². The van der Waals surface area contributed by atoms with Gasteiger partial charge in [0.05, 0.1) is 0 Å². The highest BCUT2D eigenvalue weighted by Crippen LogP contribution is 2.10. The zero-order chi connectivity index (χ0) is 14.1. The average molecular weight is 263 g/mol. The van der Waals surface area contributed by atoms with E-state index in [9.17, 15) is 9.90 Å². The molecule has 0 aliphatic rings. The molecule has 0 aliphatic heterocycles. The van der Waals surface area contributed by atoms with Crippen molar-refractivity contribution in [3.8, 4) is 0 Å². The molecule has 2 atom stereocenters. The topological polar surface area (TPSA) is 49.3 Å². The van der Waals surface area contributed by atoms with Crippen LogP contribution in [0.2, 0.25) is 0 Å². The Kier molecular flexibility index (Phi) is 7.19. The highest BCUT2D eigenvalue weighted by molar-refractivity contribution is 5.76. The van der Waals surface area contributed by atoms with Crippen molar-refractivity contribution in [3.05, 3.63) is 35.9 Å². The molecule has 3 nitrogen and oxygen atoms in total. The van der Waals surface area contributed by atoms with Crippen molar-refractivity contribution in [2.24, 2.45) is 5.92 Å². The van der Waals surface area contributed by atoms with Crippen molar-refractivity contribution < 1.29 is 9.90 Å². The van der Waals surface area contributed by atoms with Gasteiger partial charge in [-0.3, -0.25) is 4.79 Å². The van der Waals surface area contributed by atoms with Crippen LogP contribution in [0.5, 0.6) is 0 Å². The Labute approximate surface area is 116 Å². The second-order valence-electron chi connectivity index (χ2n) is 5.21. The Hall–Kier alpha value is -1.35. The molecule has 0 radical (unpaired) electrons. The van der Waals surface area contributed by atoms with Gasteiger partial charge < -0.3 is 10.4 Å². The van der Waals surface area contributed by atoms with Crippen molar-refractivity contribution in [1.82, 2.24) is 5.32 Å². The first kappa shape index (κ1) is 15.7. The molecule has 1 aromatic carbocycles. The van der Waals surface area contributed by atoms with E-state index in [1.54, 1.807) is 0 Å². The van der Waals surface area contributed by atoms with E-state index in [1.165, 1.54) is 5.56 Å². The fraction of sp³-hybridized carbons (Fsp3) is 0.562. The maximum atomic E-state index is 11.7. The van der Waals surface area contributed by atoms with Gasteiger partial charge in [0.2, 0.25) is 5.91 Å². The molecule has 0 heterocycles. The molecule has 0 aromatic heterocycles. The van der Waals surface area contributed by atoms with Crippen molar-refractivity contribution in [2.75, 3.05) is 0 Å². The van der Waals surface area contributed by atoms with E-state index in [2.05, 4.69) is 19.2 Å². The Morgan fingerprint density at radius 1 is 1.26 bits per heavy atom. The van der Waals surface area contributed by atoms with Gasteiger partial charge in [0.1, 0.15) is 6.23 Å². The molecule has 0 fully saturated rings. The summed E-state index contributed by atoms with van der Waals surface area (Å²) in [6.45, 7) is 4.18. The summed E-state index contributed by atoms with van der Waals surface area (Å²) >= 11 is 0. The lowest BCUT2D eigenvalue weighted by Gasteiger charge is -2.15. The SMILES string of the molecule is CCCC(C)CC(=O)NC(O)CCc1ccccc1. The van der Waals surface area contributed by atoms with Crippen LogP contribution >= 0.6 is 0 Å². The molecule has 1 rings (SSSR count). The van der Waals surface area contributed by atoms with Crippen LogP contribution in [-0.2, 0) is 11.2 Å². The van der Waals surface area contributed by atoms with Crippen LogP contribution < -0.4 is 5.32 Å². The summed E-state index contributed by atoms with van der Waals surface area (Å²) in [5, 5.41) is 12.4. The highest BCUT2D eigenvalue weighted by atomic mass is 16.3. The quantitative estimate of drug-likeness (QED) is 0.709. The third kappa shape index (κ3) is 6.97. The fourth-order valence-electron chi connectivity index (χ4n) is 2.18. The van der Waals surface area contributed by atoms with Gasteiger partial charge in [-0.15, -0.1) is 0 Å². The van der Waals surface area contributed by atoms with E-state index < -0.39 is 6.23 Å². The first-order valence-electron chi connectivity index (χ1n) is 7.13. The average Bonchev–Trinajstić information content (AvgIpc) is 2.37. The minimum Gasteiger partial charge on any atom is -0.374 e. The monoisotopic (exact) mass is 263 g/mol. The van der Waals surface area contributed by atoms with Crippen LogP contribution in [0.4, 0.5) is 0 Å². The molecule has 0 aliphatic carbocycles. The maximum absolute atomic E-state index is 11.7. The van der Waals surface area contributed by atoms with Crippen LogP contribution in [-0.4, -0.2) is 17.2 Å².